The lowest BCUT2D eigenvalue weighted by Gasteiger charge is -2.35. The fourth-order valence-corrected chi connectivity index (χ4v) is 2.91. The molecule has 106 valence electrons. The SMILES string of the molecule is CC(C)CN1CCN(CCc2ccc(Br)cc2)CC1. The molecule has 2 nitrogen and oxygen atoms in total. The van der Waals surface area contributed by atoms with Crippen LogP contribution in [0.2, 0.25) is 0 Å². The first kappa shape index (κ1) is 15.0. The van der Waals surface area contributed by atoms with E-state index in [1.54, 1.807) is 0 Å². The van der Waals surface area contributed by atoms with Gasteiger partial charge in [0.25, 0.3) is 0 Å². The summed E-state index contributed by atoms with van der Waals surface area (Å²) in [5.74, 6) is 0.786. The summed E-state index contributed by atoms with van der Waals surface area (Å²) in [4.78, 5) is 5.19. The lowest BCUT2D eigenvalue weighted by molar-refractivity contribution is 0.123. The van der Waals surface area contributed by atoms with E-state index in [1.807, 2.05) is 0 Å². The monoisotopic (exact) mass is 324 g/mol. The van der Waals surface area contributed by atoms with Gasteiger partial charge in [-0.2, -0.15) is 0 Å². The highest BCUT2D eigenvalue weighted by Crippen LogP contribution is 2.12. The van der Waals surface area contributed by atoms with Crippen molar-refractivity contribution in [1.82, 2.24) is 9.80 Å². The third-order valence-corrected chi connectivity index (χ3v) is 4.25. The Morgan fingerprint density at radius 2 is 1.58 bits per heavy atom. The molecule has 0 amide bonds. The van der Waals surface area contributed by atoms with Crippen molar-refractivity contribution in [3.63, 3.8) is 0 Å². The van der Waals surface area contributed by atoms with Crippen molar-refractivity contribution in [2.24, 2.45) is 5.92 Å². The van der Waals surface area contributed by atoms with Crippen molar-refractivity contribution in [2.75, 3.05) is 39.3 Å². The lowest BCUT2D eigenvalue weighted by atomic mass is 10.1. The molecule has 1 heterocycles. The smallest absolute Gasteiger partial charge is 0.0175 e. The van der Waals surface area contributed by atoms with Crippen molar-refractivity contribution >= 4 is 15.9 Å². The molecule has 19 heavy (non-hydrogen) atoms. The maximum atomic E-state index is 3.48. The summed E-state index contributed by atoms with van der Waals surface area (Å²) in [5, 5.41) is 0. The van der Waals surface area contributed by atoms with Crippen LogP contribution < -0.4 is 0 Å². The highest BCUT2D eigenvalue weighted by molar-refractivity contribution is 9.10. The summed E-state index contributed by atoms with van der Waals surface area (Å²) < 4.78 is 1.17. The summed E-state index contributed by atoms with van der Waals surface area (Å²) in [7, 11) is 0. The zero-order chi connectivity index (χ0) is 13.7. The number of nitrogens with zero attached hydrogens (tertiary/aromatic N) is 2. The predicted molar refractivity (Wildman–Crippen MR) is 85.6 cm³/mol. The minimum atomic E-state index is 0.786. The Morgan fingerprint density at radius 1 is 1.00 bits per heavy atom. The zero-order valence-electron chi connectivity index (χ0n) is 12.1. The minimum absolute atomic E-state index is 0.786. The molecule has 0 bridgehead atoms. The van der Waals surface area contributed by atoms with Crippen LogP contribution >= 0.6 is 15.9 Å². The molecule has 0 atom stereocenters. The maximum absolute atomic E-state index is 3.48. The maximum Gasteiger partial charge on any atom is 0.0175 e. The van der Waals surface area contributed by atoms with Gasteiger partial charge in [-0.3, -0.25) is 0 Å². The molecule has 0 unspecified atom stereocenters. The molecule has 3 heteroatoms. The number of hydrogen-bond donors (Lipinski definition) is 0. The van der Waals surface area contributed by atoms with Crippen molar-refractivity contribution in [3.05, 3.63) is 34.3 Å². The van der Waals surface area contributed by atoms with Gasteiger partial charge in [-0.1, -0.05) is 41.9 Å². The molecule has 1 aromatic rings. The molecule has 0 spiro atoms. The van der Waals surface area contributed by atoms with E-state index in [0.717, 1.165) is 12.3 Å². The summed E-state index contributed by atoms with van der Waals surface area (Å²) in [5.41, 5.74) is 1.44. The van der Waals surface area contributed by atoms with Crippen molar-refractivity contribution < 1.29 is 0 Å². The Morgan fingerprint density at radius 3 is 2.16 bits per heavy atom. The van der Waals surface area contributed by atoms with Gasteiger partial charge < -0.3 is 9.80 Å². The van der Waals surface area contributed by atoms with E-state index in [0.29, 0.717) is 0 Å². The quantitative estimate of drug-likeness (QED) is 0.820. The third kappa shape index (κ3) is 5.25. The Balaban J connectivity index is 1.69. The molecule has 0 saturated carbocycles. The topological polar surface area (TPSA) is 6.48 Å². The van der Waals surface area contributed by atoms with Crippen LogP contribution in [0.25, 0.3) is 0 Å². The molecular formula is C16H25BrN2. The van der Waals surface area contributed by atoms with Crippen LogP contribution in [0.4, 0.5) is 0 Å². The Hall–Kier alpha value is -0.380. The zero-order valence-corrected chi connectivity index (χ0v) is 13.7. The molecular weight excluding hydrogens is 300 g/mol. The number of piperazine rings is 1. The first-order chi connectivity index (χ1) is 9.13. The standard InChI is InChI=1S/C16H25BrN2/c1-14(2)13-19-11-9-18(10-12-19)8-7-15-3-5-16(17)6-4-15/h3-6,14H,7-13H2,1-2H3. The van der Waals surface area contributed by atoms with Gasteiger partial charge in [0.2, 0.25) is 0 Å². The van der Waals surface area contributed by atoms with E-state index in [1.165, 1.54) is 49.3 Å². The van der Waals surface area contributed by atoms with E-state index < -0.39 is 0 Å². The number of halogens is 1. The molecule has 1 aliphatic heterocycles. The van der Waals surface area contributed by atoms with Crippen molar-refractivity contribution in [1.29, 1.82) is 0 Å². The summed E-state index contributed by atoms with van der Waals surface area (Å²) >= 11 is 3.48. The van der Waals surface area contributed by atoms with E-state index in [4.69, 9.17) is 0 Å². The number of benzene rings is 1. The van der Waals surface area contributed by atoms with Crippen LogP contribution in [0.5, 0.6) is 0 Å². The summed E-state index contributed by atoms with van der Waals surface area (Å²) in [6, 6.07) is 8.71. The van der Waals surface area contributed by atoms with Crippen LogP contribution in [0.3, 0.4) is 0 Å². The van der Waals surface area contributed by atoms with E-state index in [2.05, 4.69) is 63.8 Å². The summed E-state index contributed by atoms with van der Waals surface area (Å²) in [6.07, 6.45) is 1.16. The van der Waals surface area contributed by atoms with Crippen LogP contribution in [0.1, 0.15) is 19.4 Å². The van der Waals surface area contributed by atoms with E-state index >= 15 is 0 Å². The lowest BCUT2D eigenvalue weighted by Crippen LogP contribution is -2.47. The molecule has 2 rings (SSSR count). The largest absolute Gasteiger partial charge is 0.301 e. The molecule has 1 fully saturated rings. The Kier molecular flexibility index (Phi) is 5.86. The van der Waals surface area contributed by atoms with Gasteiger partial charge in [0.05, 0.1) is 0 Å². The fourth-order valence-electron chi connectivity index (χ4n) is 2.65. The highest BCUT2D eigenvalue weighted by atomic mass is 79.9. The van der Waals surface area contributed by atoms with Gasteiger partial charge >= 0.3 is 0 Å². The average molecular weight is 325 g/mol. The van der Waals surface area contributed by atoms with Crippen LogP contribution in [0, 0.1) is 5.92 Å². The van der Waals surface area contributed by atoms with Crippen molar-refractivity contribution in [2.45, 2.75) is 20.3 Å². The van der Waals surface area contributed by atoms with Gasteiger partial charge in [0.15, 0.2) is 0 Å². The van der Waals surface area contributed by atoms with E-state index in [-0.39, 0.29) is 0 Å². The van der Waals surface area contributed by atoms with Crippen molar-refractivity contribution in [3.8, 4) is 0 Å². The Labute approximate surface area is 125 Å². The second-order valence-corrected chi connectivity index (χ2v) is 6.83. The molecule has 1 saturated heterocycles. The number of rotatable bonds is 5. The second kappa shape index (κ2) is 7.41. The van der Waals surface area contributed by atoms with Gasteiger partial charge in [0, 0.05) is 43.7 Å². The number of hydrogen-bond acceptors (Lipinski definition) is 2. The second-order valence-electron chi connectivity index (χ2n) is 5.91. The highest BCUT2D eigenvalue weighted by Gasteiger charge is 2.16. The summed E-state index contributed by atoms with van der Waals surface area (Å²) in [6.45, 7) is 12.0. The van der Waals surface area contributed by atoms with Gasteiger partial charge in [-0.05, 0) is 30.0 Å². The molecule has 1 aromatic carbocycles. The minimum Gasteiger partial charge on any atom is -0.301 e. The van der Waals surface area contributed by atoms with Crippen LogP contribution in [0.15, 0.2) is 28.7 Å². The first-order valence-electron chi connectivity index (χ1n) is 7.32. The van der Waals surface area contributed by atoms with Gasteiger partial charge in [-0.25, -0.2) is 0 Å². The Bertz CT molecular complexity index is 367. The molecule has 0 radical (unpaired) electrons. The van der Waals surface area contributed by atoms with Crippen LogP contribution in [-0.4, -0.2) is 49.1 Å². The normalized spacial score (nSPS) is 18.1. The van der Waals surface area contributed by atoms with Gasteiger partial charge in [-0.15, -0.1) is 0 Å². The predicted octanol–water partition coefficient (Wildman–Crippen LogP) is 3.27. The van der Waals surface area contributed by atoms with Gasteiger partial charge in [0.1, 0.15) is 0 Å². The molecule has 0 aliphatic carbocycles. The van der Waals surface area contributed by atoms with Crippen LogP contribution in [-0.2, 0) is 6.42 Å². The molecule has 0 N–H and O–H groups in total. The fraction of sp³-hybridized carbons (Fsp3) is 0.625. The average Bonchev–Trinajstić information content (AvgIpc) is 2.39. The molecule has 0 aromatic heterocycles. The third-order valence-electron chi connectivity index (χ3n) is 3.72. The first-order valence-corrected chi connectivity index (χ1v) is 8.12. The van der Waals surface area contributed by atoms with E-state index in [9.17, 15) is 0 Å². The molecule has 1 aliphatic rings.